The van der Waals surface area contributed by atoms with Crippen molar-refractivity contribution in [2.45, 2.75) is 76.3 Å². The predicted octanol–water partition coefficient (Wildman–Crippen LogP) is 5.78. The molecule has 0 spiro atoms. The van der Waals surface area contributed by atoms with E-state index in [0.717, 1.165) is 35.5 Å². The molecular weight excluding hydrogens is 444 g/mol. The Bertz CT molecular complexity index is 1230. The van der Waals surface area contributed by atoms with Crippen molar-refractivity contribution < 1.29 is 8.42 Å². The van der Waals surface area contributed by atoms with E-state index in [1.54, 1.807) is 12.1 Å². The number of sulfonamides is 1. The zero-order chi connectivity index (χ0) is 24.5. The van der Waals surface area contributed by atoms with Gasteiger partial charge in [0.1, 0.15) is 5.82 Å². The van der Waals surface area contributed by atoms with Gasteiger partial charge < -0.3 is 9.47 Å². The number of benzene rings is 2. The highest BCUT2D eigenvalue weighted by Gasteiger charge is 2.25. The van der Waals surface area contributed by atoms with E-state index in [1.807, 2.05) is 44.4 Å². The third kappa shape index (κ3) is 5.63. The highest BCUT2D eigenvalue weighted by Crippen LogP contribution is 2.32. The molecule has 6 nitrogen and oxygen atoms in total. The van der Waals surface area contributed by atoms with Gasteiger partial charge in [0, 0.05) is 18.5 Å². The van der Waals surface area contributed by atoms with Crippen LogP contribution in [0, 0.1) is 5.92 Å². The maximum atomic E-state index is 13.0. The number of rotatable bonds is 7. The minimum atomic E-state index is -3.68. The van der Waals surface area contributed by atoms with Crippen LogP contribution in [-0.4, -0.2) is 37.0 Å². The molecule has 1 aliphatic rings. The van der Waals surface area contributed by atoms with Crippen molar-refractivity contribution in [3.05, 3.63) is 53.9 Å². The first kappa shape index (κ1) is 24.7. The summed E-state index contributed by atoms with van der Waals surface area (Å²) in [4.78, 5) is 7.28. The predicted molar refractivity (Wildman–Crippen MR) is 140 cm³/mol. The van der Waals surface area contributed by atoms with Gasteiger partial charge in [-0.15, -0.1) is 0 Å². The van der Waals surface area contributed by atoms with Crippen LogP contribution in [0.5, 0.6) is 0 Å². The zero-order valence-corrected chi connectivity index (χ0v) is 22.0. The van der Waals surface area contributed by atoms with Crippen LogP contribution in [0.25, 0.3) is 11.0 Å². The lowest BCUT2D eigenvalue weighted by Gasteiger charge is -2.26. The Morgan fingerprint density at radius 1 is 1.03 bits per heavy atom. The molecule has 1 aliphatic carbocycles. The summed E-state index contributed by atoms with van der Waals surface area (Å²) in [5.41, 5.74) is 3.42. The second-order valence-corrected chi connectivity index (χ2v) is 12.7. The van der Waals surface area contributed by atoms with Gasteiger partial charge in [0.05, 0.1) is 21.6 Å². The second kappa shape index (κ2) is 9.70. The SMILES string of the molecule is CN(C)Cc1ccc(S(=O)(=O)Nc2ccc3c(c2)nc(C(C)(C)C)n3CC2CCCCC2)cc1. The number of imidazole rings is 1. The van der Waals surface area contributed by atoms with Crippen LogP contribution in [0.4, 0.5) is 5.69 Å². The third-order valence-electron chi connectivity index (χ3n) is 6.57. The fourth-order valence-corrected chi connectivity index (χ4v) is 5.98. The van der Waals surface area contributed by atoms with Gasteiger partial charge in [0.2, 0.25) is 0 Å². The fourth-order valence-electron chi connectivity index (χ4n) is 4.93. The summed E-state index contributed by atoms with van der Waals surface area (Å²) < 4.78 is 31.2. The van der Waals surface area contributed by atoms with E-state index in [-0.39, 0.29) is 10.3 Å². The number of nitrogens with one attached hydrogen (secondary N) is 1. The Hall–Kier alpha value is -2.38. The highest BCUT2D eigenvalue weighted by molar-refractivity contribution is 7.92. The molecule has 0 aliphatic heterocycles. The molecule has 0 radical (unpaired) electrons. The van der Waals surface area contributed by atoms with Gasteiger partial charge >= 0.3 is 0 Å². The Kier molecular flexibility index (Phi) is 7.06. The summed E-state index contributed by atoms with van der Waals surface area (Å²) in [7, 11) is 0.300. The molecule has 2 aromatic carbocycles. The van der Waals surface area contributed by atoms with E-state index < -0.39 is 10.0 Å². The van der Waals surface area contributed by atoms with Crippen LogP contribution in [0.2, 0.25) is 0 Å². The van der Waals surface area contributed by atoms with Crippen molar-refractivity contribution in [3.8, 4) is 0 Å². The first-order valence-electron chi connectivity index (χ1n) is 12.3. The van der Waals surface area contributed by atoms with E-state index in [1.165, 1.54) is 32.1 Å². The van der Waals surface area contributed by atoms with Crippen LogP contribution in [0.3, 0.4) is 0 Å². The number of hydrogen-bond donors (Lipinski definition) is 1. The summed E-state index contributed by atoms with van der Waals surface area (Å²) in [6.07, 6.45) is 6.51. The molecule has 184 valence electrons. The molecular formula is C27H38N4O2S. The highest BCUT2D eigenvalue weighted by atomic mass is 32.2. The number of anilines is 1. The first-order valence-corrected chi connectivity index (χ1v) is 13.8. The number of hydrogen-bond acceptors (Lipinski definition) is 4. The van der Waals surface area contributed by atoms with E-state index in [0.29, 0.717) is 11.6 Å². The minimum absolute atomic E-state index is 0.0956. The molecule has 0 unspecified atom stereocenters. The molecule has 3 aromatic rings. The Balaban J connectivity index is 1.61. The van der Waals surface area contributed by atoms with Gasteiger partial charge in [-0.2, -0.15) is 0 Å². The maximum Gasteiger partial charge on any atom is 0.261 e. The van der Waals surface area contributed by atoms with Gasteiger partial charge in [-0.1, -0.05) is 52.2 Å². The summed E-state index contributed by atoms with van der Waals surface area (Å²) in [5.74, 6) is 1.74. The monoisotopic (exact) mass is 482 g/mol. The van der Waals surface area contributed by atoms with Gasteiger partial charge in [0.25, 0.3) is 10.0 Å². The standard InChI is InChI=1S/C27H38N4O2S/c1-27(2,3)26-28-24-17-22(13-16-25(24)31(26)19-20-9-7-6-8-10-20)29-34(32,33)23-14-11-21(12-15-23)18-30(4)5/h11-17,20,29H,6-10,18-19H2,1-5H3. The molecule has 0 atom stereocenters. The lowest BCUT2D eigenvalue weighted by molar-refractivity contribution is 0.313. The molecule has 1 heterocycles. The molecule has 1 fully saturated rings. The van der Waals surface area contributed by atoms with Crippen molar-refractivity contribution in [1.29, 1.82) is 0 Å². The van der Waals surface area contributed by atoms with Crippen molar-refractivity contribution >= 4 is 26.7 Å². The van der Waals surface area contributed by atoms with Gasteiger partial charge in [0.15, 0.2) is 0 Å². The van der Waals surface area contributed by atoms with Crippen LogP contribution < -0.4 is 4.72 Å². The third-order valence-corrected chi connectivity index (χ3v) is 7.97. The number of aromatic nitrogens is 2. The molecule has 4 rings (SSSR count). The smallest absolute Gasteiger partial charge is 0.261 e. The van der Waals surface area contributed by atoms with Crippen LogP contribution in [0.1, 0.15) is 64.3 Å². The van der Waals surface area contributed by atoms with Gasteiger partial charge in [-0.25, -0.2) is 13.4 Å². The normalized spacial score (nSPS) is 15.8. The summed E-state index contributed by atoms with van der Waals surface area (Å²) >= 11 is 0. The topological polar surface area (TPSA) is 67.2 Å². The van der Waals surface area contributed by atoms with Crippen molar-refractivity contribution in [3.63, 3.8) is 0 Å². The Labute approximate surface area is 204 Å². The summed E-state index contributed by atoms with van der Waals surface area (Å²) in [6.45, 7) is 8.32. The molecule has 34 heavy (non-hydrogen) atoms. The van der Waals surface area contributed by atoms with Gasteiger partial charge in [-0.05, 0) is 68.8 Å². The van der Waals surface area contributed by atoms with E-state index in [9.17, 15) is 8.42 Å². The van der Waals surface area contributed by atoms with Crippen molar-refractivity contribution in [2.24, 2.45) is 5.92 Å². The molecule has 0 bridgehead atoms. The first-order chi connectivity index (χ1) is 16.0. The number of fused-ring (bicyclic) bond motifs is 1. The Morgan fingerprint density at radius 2 is 1.71 bits per heavy atom. The van der Waals surface area contributed by atoms with Crippen LogP contribution in [0.15, 0.2) is 47.4 Å². The average molecular weight is 483 g/mol. The van der Waals surface area contributed by atoms with Crippen LogP contribution >= 0.6 is 0 Å². The molecule has 1 saturated carbocycles. The lowest BCUT2D eigenvalue weighted by Crippen LogP contribution is -2.22. The van der Waals surface area contributed by atoms with Crippen molar-refractivity contribution in [2.75, 3.05) is 18.8 Å². The molecule has 0 amide bonds. The molecule has 1 aromatic heterocycles. The second-order valence-electron chi connectivity index (χ2n) is 11.0. The van der Waals surface area contributed by atoms with Gasteiger partial charge in [-0.3, -0.25) is 4.72 Å². The van der Waals surface area contributed by atoms with Crippen molar-refractivity contribution in [1.82, 2.24) is 14.5 Å². The van der Waals surface area contributed by atoms with E-state index in [2.05, 4.69) is 35.0 Å². The molecule has 0 saturated heterocycles. The Morgan fingerprint density at radius 3 is 2.32 bits per heavy atom. The van der Waals surface area contributed by atoms with E-state index >= 15 is 0 Å². The minimum Gasteiger partial charge on any atom is -0.327 e. The summed E-state index contributed by atoms with van der Waals surface area (Å²) in [6, 6.07) is 12.8. The molecule has 7 heteroatoms. The average Bonchev–Trinajstić information content (AvgIpc) is 3.12. The summed E-state index contributed by atoms with van der Waals surface area (Å²) in [5, 5.41) is 0. The number of nitrogens with zero attached hydrogens (tertiary/aromatic N) is 3. The zero-order valence-electron chi connectivity index (χ0n) is 21.1. The largest absolute Gasteiger partial charge is 0.327 e. The lowest BCUT2D eigenvalue weighted by atomic mass is 9.88. The quantitative estimate of drug-likeness (QED) is 0.464. The maximum absolute atomic E-state index is 13.0. The van der Waals surface area contributed by atoms with E-state index in [4.69, 9.17) is 4.98 Å². The molecule has 1 N–H and O–H groups in total. The fraction of sp³-hybridized carbons (Fsp3) is 0.519. The van der Waals surface area contributed by atoms with Crippen LogP contribution in [-0.2, 0) is 28.5 Å².